The lowest BCUT2D eigenvalue weighted by molar-refractivity contribution is -0.154. The number of nitrogens with two attached hydrogens (primary N) is 1. The number of carbonyl (C=O) groups is 1. The standard InChI is InChI=1S/C9H12N2O3S/c1-9(14,8(12)13)5-15-7-6(10)3-2-4-11-7/h2-4,14H,5,10H2,1H3,(H,12,13). The van der Waals surface area contributed by atoms with Crippen molar-refractivity contribution >= 4 is 23.4 Å². The monoisotopic (exact) mass is 228 g/mol. The molecule has 0 aliphatic rings. The predicted molar refractivity (Wildman–Crippen MR) is 57.6 cm³/mol. The molecule has 82 valence electrons. The number of carboxylic acids is 1. The second kappa shape index (κ2) is 4.50. The molecule has 0 spiro atoms. The van der Waals surface area contributed by atoms with Gasteiger partial charge >= 0.3 is 5.97 Å². The van der Waals surface area contributed by atoms with Crippen molar-refractivity contribution in [3.05, 3.63) is 18.3 Å². The minimum absolute atomic E-state index is 0.00352. The second-order valence-electron chi connectivity index (χ2n) is 3.27. The zero-order valence-electron chi connectivity index (χ0n) is 8.17. The molecule has 0 bridgehead atoms. The van der Waals surface area contributed by atoms with Crippen molar-refractivity contribution in [2.24, 2.45) is 0 Å². The molecule has 0 radical (unpaired) electrons. The minimum atomic E-state index is -1.77. The maximum absolute atomic E-state index is 10.6. The van der Waals surface area contributed by atoms with Gasteiger partial charge in [0.25, 0.3) is 0 Å². The van der Waals surface area contributed by atoms with Gasteiger partial charge in [0.05, 0.1) is 5.69 Å². The molecule has 0 amide bonds. The Bertz CT molecular complexity index is 368. The number of thioether (sulfide) groups is 1. The normalized spacial score (nSPS) is 14.5. The van der Waals surface area contributed by atoms with Gasteiger partial charge in [-0.05, 0) is 19.1 Å². The van der Waals surface area contributed by atoms with E-state index < -0.39 is 11.6 Å². The number of hydrogen-bond donors (Lipinski definition) is 3. The van der Waals surface area contributed by atoms with E-state index in [2.05, 4.69) is 4.98 Å². The summed E-state index contributed by atoms with van der Waals surface area (Å²) in [6.45, 7) is 1.24. The minimum Gasteiger partial charge on any atom is -0.479 e. The van der Waals surface area contributed by atoms with E-state index in [0.717, 1.165) is 11.8 Å². The van der Waals surface area contributed by atoms with Crippen LogP contribution in [0.4, 0.5) is 5.69 Å². The van der Waals surface area contributed by atoms with Crippen LogP contribution in [-0.2, 0) is 4.79 Å². The maximum atomic E-state index is 10.6. The van der Waals surface area contributed by atoms with E-state index in [4.69, 9.17) is 10.8 Å². The molecule has 0 aliphatic heterocycles. The summed E-state index contributed by atoms with van der Waals surface area (Å²) in [4.78, 5) is 14.6. The number of aliphatic hydroxyl groups is 1. The van der Waals surface area contributed by atoms with Crippen molar-refractivity contribution in [2.45, 2.75) is 17.6 Å². The van der Waals surface area contributed by atoms with Crippen LogP contribution in [0.5, 0.6) is 0 Å². The van der Waals surface area contributed by atoms with Crippen molar-refractivity contribution in [1.29, 1.82) is 0 Å². The number of nitrogens with zero attached hydrogens (tertiary/aromatic N) is 1. The topological polar surface area (TPSA) is 96.4 Å². The summed E-state index contributed by atoms with van der Waals surface area (Å²) in [5, 5.41) is 18.7. The van der Waals surface area contributed by atoms with Crippen LogP contribution in [-0.4, -0.2) is 32.5 Å². The van der Waals surface area contributed by atoms with Crippen molar-refractivity contribution in [3.8, 4) is 0 Å². The molecular formula is C9H12N2O3S. The first-order valence-corrected chi connectivity index (χ1v) is 5.21. The van der Waals surface area contributed by atoms with Crippen LogP contribution in [0.25, 0.3) is 0 Å². The van der Waals surface area contributed by atoms with Gasteiger partial charge in [0.15, 0.2) is 5.60 Å². The highest BCUT2D eigenvalue weighted by molar-refractivity contribution is 7.99. The summed E-state index contributed by atoms with van der Waals surface area (Å²) >= 11 is 1.12. The summed E-state index contributed by atoms with van der Waals surface area (Å²) < 4.78 is 0. The Kier molecular flexibility index (Phi) is 3.54. The van der Waals surface area contributed by atoms with Crippen LogP contribution < -0.4 is 5.73 Å². The molecule has 1 aromatic heterocycles. The van der Waals surface area contributed by atoms with Gasteiger partial charge in [-0.2, -0.15) is 0 Å². The summed E-state index contributed by atoms with van der Waals surface area (Å²) in [6.07, 6.45) is 1.56. The number of pyridine rings is 1. The molecule has 0 fully saturated rings. The van der Waals surface area contributed by atoms with E-state index >= 15 is 0 Å². The van der Waals surface area contributed by atoms with E-state index in [1.165, 1.54) is 6.92 Å². The lowest BCUT2D eigenvalue weighted by Gasteiger charge is -2.16. The van der Waals surface area contributed by atoms with Crippen molar-refractivity contribution in [2.75, 3.05) is 11.5 Å². The second-order valence-corrected chi connectivity index (χ2v) is 4.23. The molecule has 6 heteroatoms. The molecule has 0 saturated carbocycles. The molecule has 4 N–H and O–H groups in total. The maximum Gasteiger partial charge on any atom is 0.336 e. The third-order valence-electron chi connectivity index (χ3n) is 1.75. The van der Waals surface area contributed by atoms with Gasteiger partial charge in [0.2, 0.25) is 0 Å². The zero-order valence-corrected chi connectivity index (χ0v) is 8.99. The van der Waals surface area contributed by atoms with Gasteiger partial charge in [-0.3, -0.25) is 0 Å². The summed E-state index contributed by atoms with van der Waals surface area (Å²) in [7, 11) is 0. The van der Waals surface area contributed by atoms with Gasteiger partial charge in [-0.15, -0.1) is 11.8 Å². The van der Waals surface area contributed by atoms with Crippen LogP contribution in [0.1, 0.15) is 6.92 Å². The number of rotatable bonds is 4. The van der Waals surface area contributed by atoms with Gasteiger partial charge in [-0.1, -0.05) is 0 Å². The number of anilines is 1. The van der Waals surface area contributed by atoms with E-state index in [1.807, 2.05) is 0 Å². The molecule has 1 heterocycles. The fourth-order valence-electron chi connectivity index (χ4n) is 0.794. The van der Waals surface area contributed by atoms with E-state index in [-0.39, 0.29) is 5.75 Å². The predicted octanol–water partition coefficient (Wildman–Crippen LogP) is 0.592. The summed E-state index contributed by atoms with van der Waals surface area (Å²) in [5.74, 6) is -1.26. The first kappa shape index (κ1) is 11.8. The molecule has 5 nitrogen and oxygen atoms in total. The van der Waals surface area contributed by atoms with Gasteiger partial charge in [-0.25, -0.2) is 9.78 Å². The fourth-order valence-corrected chi connectivity index (χ4v) is 1.71. The lowest BCUT2D eigenvalue weighted by atomic mass is 10.1. The Hall–Kier alpha value is -1.27. The van der Waals surface area contributed by atoms with Crippen LogP contribution in [0.2, 0.25) is 0 Å². The van der Waals surface area contributed by atoms with Crippen molar-refractivity contribution < 1.29 is 15.0 Å². The molecule has 1 rings (SSSR count). The molecule has 15 heavy (non-hydrogen) atoms. The van der Waals surface area contributed by atoms with Crippen LogP contribution in [0, 0.1) is 0 Å². The Morgan fingerprint density at radius 1 is 1.73 bits per heavy atom. The quantitative estimate of drug-likeness (QED) is 0.653. The van der Waals surface area contributed by atoms with Crippen molar-refractivity contribution in [1.82, 2.24) is 4.98 Å². The van der Waals surface area contributed by atoms with Crippen molar-refractivity contribution in [3.63, 3.8) is 0 Å². The zero-order chi connectivity index (χ0) is 11.5. The average molecular weight is 228 g/mol. The third kappa shape index (κ3) is 3.10. The number of aliphatic carboxylic acids is 1. The van der Waals surface area contributed by atoms with Crippen LogP contribution >= 0.6 is 11.8 Å². The first-order chi connectivity index (χ1) is 6.93. The number of nitrogen functional groups attached to an aromatic ring is 1. The first-order valence-electron chi connectivity index (χ1n) is 4.22. The Labute approximate surface area is 91.3 Å². The van der Waals surface area contributed by atoms with Crippen LogP contribution in [0.3, 0.4) is 0 Å². The van der Waals surface area contributed by atoms with Gasteiger partial charge in [0.1, 0.15) is 5.03 Å². The van der Waals surface area contributed by atoms with E-state index in [9.17, 15) is 9.90 Å². The highest BCUT2D eigenvalue weighted by Crippen LogP contribution is 2.25. The third-order valence-corrected chi connectivity index (χ3v) is 3.07. The largest absolute Gasteiger partial charge is 0.479 e. The van der Waals surface area contributed by atoms with E-state index in [0.29, 0.717) is 10.7 Å². The molecule has 0 aliphatic carbocycles. The number of hydrogen-bond acceptors (Lipinski definition) is 5. The molecule has 1 aromatic rings. The Morgan fingerprint density at radius 2 is 2.40 bits per heavy atom. The molecule has 0 aromatic carbocycles. The number of aromatic nitrogens is 1. The van der Waals surface area contributed by atoms with E-state index in [1.54, 1.807) is 18.3 Å². The van der Waals surface area contributed by atoms with Crippen LogP contribution in [0.15, 0.2) is 23.4 Å². The highest BCUT2D eigenvalue weighted by atomic mass is 32.2. The molecule has 0 saturated heterocycles. The number of carboxylic acid groups (broad SMARTS) is 1. The lowest BCUT2D eigenvalue weighted by Crippen LogP contribution is -2.37. The Balaban J connectivity index is 2.66. The van der Waals surface area contributed by atoms with Gasteiger partial charge < -0.3 is 15.9 Å². The SMILES string of the molecule is CC(O)(CSc1ncccc1N)C(=O)O. The fraction of sp³-hybridized carbons (Fsp3) is 0.333. The van der Waals surface area contributed by atoms with Gasteiger partial charge in [0, 0.05) is 11.9 Å². The summed E-state index contributed by atoms with van der Waals surface area (Å²) in [6, 6.07) is 3.36. The average Bonchev–Trinajstić information content (AvgIpc) is 2.16. The highest BCUT2D eigenvalue weighted by Gasteiger charge is 2.30. The Morgan fingerprint density at radius 3 is 2.93 bits per heavy atom. The smallest absolute Gasteiger partial charge is 0.336 e. The molecule has 1 unspecified atom stereocenters. The summed E-state index contributed by atoms with van der Waals surface area (Å²) in [5.41, 5.74) is 4.32. The molecular weight excluding hydrogens is 216 g/mol. The molecule has 1 atom stereocenters.